The van der Waals surface area contributed by atoms with Crippen LogP contribution >= 0.6 is 0 Å². The topological polar surface area (TPSA) is 107 Å². The molecule has 1 aromatic heterocycles. The van der Waals surface area contributed by atoms with Crippen LogP contribution in [0.2, 0.25) is 0 Å². The van der Waals surface area contributed by atoms with E-state index in [4.69, 9.17) is 10.5 Å². The van der Waals surface area contributed by atoms with Gasteiger partial charge >= 0.3 is 0 Å². The first-order valence-corrected chi connectivity index (χ1v) is 7.49. The third kappa shape index (κ3) is 3.40. The van der Waals surface area contributed by atoms with Gasteiger partial charge in [-0.2, -0.15) is 15.6 Å². The quantitative estimate of drug-likeness (QED) is 0.576. The summed E-state index contributed by atoms with van der Waals surface area (Å²) in [6, 6.07) is 14.2. The fourth-order valence-corrected chi connectivity index (χ4v) is 2.35. The molecule has 126 valence electrons. The maximum atomic E-state index is 13.8. The molecule has 1 N–H and O–H groups in total. The van der Waals surface area contributed by atoms with Gasteiger partial charge < -0.3 is 0 Å². The zero-order valence-electron chi connectivity index (χ0n) is 13.3. The lowest BCUT2D eigenvalue weighted by molar-refractivity contribution is 0.595. The summed E-state index contributed by atoms with van der Waals surface area (Å²) in [6.07, 6.45) is 1.35. The summed E-state index contributed by atoms with van der Waals surface area (Å²) >= 11 is 0. The molecule has 2 aromatic carbocycles. The van der Waals surface area contributed by atoms with Gasteiger partial charge in [0.2, 0.25) is 5.71 Å². The Morgan fingerprint density at radius 1 is 1.23 bits per heavy atom. The van der Waals surface area contributed by atoms with Crippen LogP contribution < -0.4 is 11.0 Å². The molecule has 0 spiro atoms. The molecular weight excluding hydrogens is 335 g/mol. The number of aromatic nitrogens is 2. The van der Waals surface area contributed by atoms with Crippen LogP contribution in [0.5, 0.6) is 0 Å². The van der Waals surface area contributed by atoms with E-state index in [1.807, 2.05) is 0 Å². The number of hydrogen-bond acceptors (Lipinski definition) is 6. The van der Waals surface area contributed by atoms with Gasteiger partial charge in [0.15, 0.2) is 0 Å². The normalized spacial score (nSPS) is 9.96. The molecule has 0 aliphatic carbocycles. The van der Waals surface area contributed by atoms with E-state index in [1.165, 1.54) is 17.0 Å². The fourth-order valence-electron chi connectivity index (χ4n) is 2.35. The Morgan fingerprint density at radius 3 is 2.73 bits per heavy atom. The third-order valence-electron chi connectivity index (χ3n) is 3.63. The maximum Gasteiger partial charge on any atom is 0.261 e. The van der Waals surface area contributed by atoms with Gasteiger partial charge in [0.1, 0.15) is 18.0 Å². The second-order valence-electron chi connectivity index (χ2n) is 5.30. The monoisotopic (exact) mass is 346 g/mol. The van der Waals surface area contributed by atoms with Crippen LogP contribution in [0.4, 0.5) is 10.1 Å². The van der Waals surface area contributed by atoms with Crippen molar-refractivity contribution in [2.45, 2.75) is 6.54 Å². The highest BCUT2D eigenvalue weighted by Crippen LogP contribution is 2.15. The number of hydrogen-bond donors (Lipinski definition) is 1. The van der Waals surface area contributed by atoms with Crippen LogP contribution in [-0.4, -0.2) is 15.3 Å². The summed E-state index contributed by atoms with van der Waals surface area (Å²) in [7, 11) is 0. The molecule has 0 fully saturated rings. The van der Waals surface area contributed by atoms with Crippen molar-refractivity contribution in [3.63, 3.8) is 0 Å². The largest absolute Gasteiger partial charge is 0.294 e. The standard InChI is InChI=1S/C18H11FN6O/c19-16-4-2-1-3-12(16)10-25-11-22-17-7-13(5-6-15(17)18(25)26)23-24-14(8-20)9-21/h1-7,11,23H,10H2. The molecule has 26 heavy (non-hydrogen) atoms. The minimum absolute atomic E-state index is 0.0758. The predicted molar refractivity (Wildman–Crippen MR) is 93.8 cm³/mol. The average Bonchev–Trinajstić information content (AvgIpc) is 2.66. The molecule has 8 heteroatoms. The van der Waals surface area contributed by atoms with Gasteiger partial charge in [-0.1, -0.05) is 18.2 Å². The van der Waals surface area contributed by atoms with E-state index < -0.39 is 0 Å². The van der Waals surface area contributed by atoms with Crippen molar-refractivity contribution in [2.24, 2.45) is 5.10 Å². The van der Waals surface area contributed by atoms with Gasteiger partial charge in [0.05, 0.1) is 29.5 Å². The second kappa shape index (κ2) is 7.24. The molecular formula is C18H11FN6O. The lowest BCUT2D eigenvalue weighted by Crippen LogP contribution is -2.21. The number of nitriles is 2. The van der Waals surface area contributed by atoms with Crippen molar-refractivity contribution in [1.82, 2.24) is 9.55 Å². The molecule has 7 nitrogen and oxygen atoms in total. The van der Waals surface area contributed by atoms with E-state index in [1.54, 1.807) is 48.5 Å². The maximum absolute atomic E-state index is 13.8. The van der Waals surface area contributed by atoms with E-state index in [2.05, 4.69) is 15.5 Å². The highest BCUT2D eigenvalue weighted by atomic mass is 19.1. The highest BCUT2D eigenvalue weighted by Gasteiger charge is 2.08. The van der Waals surface area contributed by atoms with E-state index in [0.717, 1.165) is 0 Å². The van der Waals surface area contributed by atoms with E-state index in [-0.39, 0.29) is 23.6 Å². The molecule has 0 unspecified atom stereocenters. The predicted octanol–water partition coefficient (Wildman–Crippen LogP) is 2.40. The summed E-state index contributed by atoms with van der Waals surface area (Å²) in [4.78, 5) is 16.8. The van der Waals surface area contributed by atoms with Crippen LogP contribution in [0.15, 0.2) is 58.7 Å². The fraction of sp³-hybridized carbons (Fsp3) is 0.0556. The number of anilines is 1. The molecule has 0 amide bonds. The van der Waals surface area contributed by atoms with Crippen LogP contribution in [0.1, 0.15) is 5.56 Å². The first-order valence-electron chi connectivity index (χ1n) is 7.49. The average molecular weight is 346 g/mol. The van der Waals surface area contributed by atoms with Crippen molar-refractivity contribution in [3.05, 3.63) is 70.5 Å². The lowest BCUT2D eigenvalue weighted by atomic mass is 10.2. The number of nitrogens with zero attached hydrogens (tertiary/aromatic N) is 5. The molecule has 0 bridgehead atoms. The zero-order chi connectivity index (χ0) is 18.5. The Balaban J connectivity index is 1.93. The van der Waals surface area contributed by atoms with Gasteiger partial charge in [-0.15, -0.1) is 0 Å². The summed E-state index contributed by atoms with van der Waals surface area (Å²) in [5.41, 5.74) is 3.22. The number of hydrazone groups is 1. The van der Waals surface area contributed by atoms with E-state index in [0.29, 0.717) is 22.2 Å². The number of halogens is 1. The van der Waals surface area contributed by atoms with Gasteiger partial charge in [0.25, 0.3) is 5.56 Å². The third-order valence-corrected chi connectivity index (χ3v) is 3.63. The Hall–Kier alpha value is -4.04. The number of fused-ring (bicyclic) bond motifs is 1. The number of benzene rings is 2. The van der Waals surface area contributed by atoms with Crippen LogP contribution in [0.25, 0.3) is 10.9 Å². The Kier molecular flexibility index (Phi) is 4.68. The molecule has 0 radical (unpaired) electrons. The van der Waals surface area contributed by atoms with Crippen molar-refractivity contribution >= 4 is 22.3 Å². The number of rotatable bonds is 4. The molecule has 3 rings (SSSR count). The SMILES string of the molecule is N#CC(C#N)=NNc1ccc2c(=O)n(Cc3ccccc3F)cnc2c1. The van der Waals surface area contributed by atoms with E-state index in [9.17, 15) is 9.18 Å². The highest BCUT2D eigenvalue weighted by molar-refractivity contribution is 6.10. The van der Waals surface area contributed by atoms with Gasteiger partial charge in [-0.05, 0) is 24.3 Å². The van der Waals surface area contributed by atoms with Crippen LogP contribution in [0, 0.1) is 28.5 Å². The van der Waals surface area contributed by atoms with Gasteiger partial charge in [0, 0.05) is 5.56 Å². The Bertz CT molecular complexity index is 1140. The first kappa shape index (κ1) is 16.8. The summed E-state index contributed by atoms with van der Waals surface area (Å²) in [5.74, 6) is -0.386. The van der Waals surface area contributed by atoms with Crippen molar-refractivity contribution in [3.8, 4) is 12.1 Å². The van der Waals surface area contributed by atoms with Gasteiger partial charge in [-0.3, -0.25) is 14.8 Å². The minimum atomic E-state index is -0.386. The van der Waals surface area contributed by atoms with E-state index >= 15 is 0 Å². The molecule has 0 aliphatic rings. The second-order valence-corrected chi connectivity index (χ2v) is 5.30. The molecule has 0 saturated carbocycles. The zero-order valence-corrected chi connectivity index (χ0v) is 13.3. The van der Waals surface area contributed by atoms with Crippen molar-refractivity contribution in [2.75, 3.05) is 5.43 Å². The molecule has 1 heterocycles. The molecule has 0 atom stereocenters. The molecule has 0 aliphatic heterocycles. The first-order chi connectivity index (χ1) is 12.6. The van der Waals surface area contributed by atoms with Crippen molar-refractivity contribution in [1.29, 1.82) is 10.5 Å². The van der Waals surface area contributed by atoms with Crippen LogP contribution in [0.3, 0.4) is 0 Å². The smallest absolute Gasteiger partial charge is 0.261 e. The molecule has 0 saturated heterocycles. The Labute approximate surface area is 147 Å². The summed E-state index contributed by atoms with van der Waals surface area (Å²) in [5, 5.41) is 21.3. The minimum Gasteiger partial charge on any atom is -0.294 e. The summed E-state index contributed by atoms with van der Waals surface area (Å²) in [6.45, 7) is 0.0758. The van der Waals surface area contributed by atoms with Crippen molar-refractivity contribution < 1.29 is 4.39 Å². The molecule has 3 aromatic rings. The van der Waals surface area contributed by atoms with Crippen LogP contribution in [-0.2, 0) is 6.54 Å². The van der Waals surface area contributed by atoms with Gasteiger partial charge in [-0.25, -0.2) is 9.37 Å². The Morgan fingerprint density at radius 2 is 2.00 bits per heavy atom. The number of nitrogens with one attached hydrogen (secondary N) is 1. The summed E-state index contributed by atoms with van der Waals surface area (Å²) < 4.78 is 15.1. The lowest BCUT2D eigenvalue weighted by Gasteiger charge is -2.08.